The van der Waals surface area contributed by atoms with E-state index in [9.17, 15) is 4.79 Å². The minimum atomic E-state index is 0.318. The molecule has 24 heavy (non-hydrogen) atoms. The highest BCUT2D eigenvalue weighted by atomic mass is 16.1. The van der Waals surface area contributed by atoms with E-state index in [0.29, 0.717) is 24.8 Å². The fourth-order valence-electron chi connectivity index (χ4n) is 3.99. The zero-order valence-electron chi connectivity index (χ0n) is 13.4. The molecule has 3 heterocycles. The standard InChI is InChI=1S/C18H19N5O/c19-8-5-12-1-3-13(4-2-12)23-16(7-10-24)22-15-11-21-18-14(17(15)23)6-9-20-18/h6,9-13H,1-5,7H2,(H,20,21)/t12-,13-. The number of nitrogens with one attached hydrogen (secondary N) is 1. The van der Waals surface area contributed by atoms with Crippen LogP contribution in [-0.4, -0.2) is 25.8 Å². The summed E-state index contributed by atoms with van der Waals surface area (Å²) in [5.41, 5.74) is 2.76. The second kappa shape index (κ2) is 6.08. The van der Waals surface area contributed by atoms with E-state index < -0.39 is 0 Å². The Balaban J connectivity index is 1.80. The number of nitrogens with zero attached hydrogens (tertiary/aromatic N) is 4. The molecule has 1 fully saturated rings. The summed E-state index contributed by atoms with van der Waals surface area (Å²) in [6.07, 6.45) is 9.71. The zero-order chi connectivity index (χ0) is 16.5. The highest BCUT2D eigenvalue weighted by Gasteiger charge is 2.26. The van der Waals surface area contributed by atoms with Crippen LogP contribution in [0.1, 0.15) is 44.0 Å². The number of aromatic nitrogens is 4. The molecule has 1 saturated carbocycles. The van der Waals surface area contributed by atoms with Crippen molar-refractivity contribution in [3.05, 3.63) is 24.3 Å². The molecule has 0 radical (unpaired) electrons. The first-order valence-electron chi connectivity index (χ1n) is 8.45. The molecule has 6 nitrogen and oxygen atoms in total. The molecule has 0 unspecified atom stereocenters. The molecule has 1 aliphatic carbocycles. The fraction of sp³-hybridized carbons (Fsp3) is 0.444. The van der Waals surface area contributed by atoms with Gasteiger partial charge in [-0.15, -0.1) is 0 Å². The highest BCUT2D eigenvalue weighted by molar-refractivity contribution is 6.01. The smallest absolute Gasteiger partial charge is 0.139 e. The number of rotatable bonds is 4. The molecule has 0 aliphatic heterocycles. The van der Waals surface area contributed by atoms with Crippen molar-refractivity contribution in [2.75, 3.05) is 0 Å². The minimum Gasteiger partial charge on any atom is -0.346 e. The maximum absolute atomic E-state index is 11.1. The number of fused-ring (bicyclic) bond motifs is 3. The van der Waals surface area contributed by atoms with Crippen LogP contribution in [0.15, 0.2) is 18.5 Å². The van der Waals surface area contributed by atoms with E-state index in [1.807, 2.05) is 12.3 Å². The molecule has 0 bridgehead atoms. The van der Waals surface area contributed by atoms with Crippen molar-refractivity contribution >= 4 is 28.4 Å². The van der Waals surface area contributed by atoms with Crippen LogP contribution in [0.3, 0.4) is 0 Å². The van der Waals surface area contributed by atoms with Gasteiger partial charge in [0.15, 0.2) is 0 Å². The number of aldehydes is 1. The number of carbonyl (C=O) groups is 1. The quantitative estimate of drug-likeness (QED) is 0.747. The molecule has 3 aromatic rings. The largest absolute Gasteiger partial charge is 0.346 e. The Morgan fingerprint density at radius 2 is 2.21 bits per heavy atom. The van der Waals surface area contributed by atoms with Gasteiger partial charge in [0, 0.05) is 24.0 Å². The van der Waals surface area contributed by atoms with Crippen LogP contribution in [0, 0.1) is 17.2 Å². The number of imidazole rings is 1. The maximum atomic E-state index is 11.1. The molecule has 122 valence electrons. The third kappa shape index (κ3) is 2.37. The van der Waals surface area contributed by atoms with Gasteiger partial charge in [-0.2, -0.15) is 5.26 Å². The molecule has 1 N–H and O–H groups in total. The van der Waals surface area contributed by atoms with Gasteiger partial charge in [-0.3, -0.25) is 0 Å². The lowest BCUT2D eigenvalue weighted by molar-refractivity contribution is -0.107. The van der Waals surface area contributed by atoms with Crippen molar-refractivity contribution in [2.24, 2.45) is 5.92 Å². The third-order valence-electron chi connectivity index (χ3n) is 5.13. The van der Waals surface area contributed by atoms with Crippen molar-refractivity contribution in [1.82, 2.24) is 19.5 Å². The Bertz CT molecular complexity index is 924. The predicted octanol–water partition coefficient (Wildman–Crippen LogP) is 3.30. The number of nitriles is 1. The first-order valence-corrected chi connectivity index (χ1v) is 8.45. The first-order chi connectivity index (χ1) is 11.8. The van der Waals surface area contributed by atoms with Crippen LogP contribution in [0.2, 0.25) is 0 Å². The molecular formula is C18H19N5O. The van der Waals surface area contributed by atoms with Crippen molar-refractivity contribution in [3.63, 3.8) is 0 Å². The molecule has 1 aliphatic rings. The lowest BCUT2D eigenvalue weighted by Gasteiger charge is -2.29. The minimum absolute atomic E-state index is 0.318. The van der Waals surface area contributed by atoms with E-state index in [1.54, 1.807) is 6.20 Å². The molecule has 0 aromatic carbocycles. The number of hydrogen-bond acceptors (Lipinski definition) is 4. The summed E-state index contributed by atoms with van der Waals surface area (Å²) in [7, 11) is 0. The fourth-order valence-corrected chi connectivity index (χ4v) is 3.99. The van der Waals surface area contributed by atoms with Crippen molar-refractivity contribution < 1.29 is 4.79 Å². The summed E-state index contributed by atoms with van der Waals surface area (Å²) < 4.78 is 2.25. The van der Waals surface area contributed by atoms with E-state index >= 15 is 0 Å². The van der Waals surface area contributed by atoms with Crippen LogP contribution in [0.4, 0.5) is 0 Å². The summed E-state index contributed by atoms with van der Waals surface area (Å²) in [5.74, 6) is 1.32. The van der Waals surface area contributed by atoms with E-state index in [1.165, 1.54) is 0 Å². The Morgan fingerprint density at radius 1 is 1.38 bits per heavy atom. The average Bonchev–Trinajstić information content (AvgIpc) is 3.20. The predicted molar refractivity (Wildman–Crippen MR) is 90.4 cm³/mol. The average molecular weight is 321 g/mol. The van der Waals surface area contributed by atoms with Gasteiger partial charge in [0.2, 0.25) is 0 Å². The molecular weight excluding hydrogens is 302 g/mol. The van der Waals surface area contributed by atoms with Crippen LogP contribution < -0.4 is 0 Å². The Morgan fingerprint density at radius 3 is 2.96 bits per heavy atom. The lowest BCUT2D eigenvalue weighted by Crippen LogP contribution is -2.20. The zero-order valence-corrected chi connectivity index (χ0v) is 13.4. The summed E-state index contributed by atoms with van der Waals surface area (Å²) >= 11 is 0. The normalized spacial score (nSPS) is 21.1. The lowest BCUT2D eigenvalue weighted by atomic mass is 9.84. The monoisotopic (exact) mass is 321 g/mol. The van der Waals surface area contributed by atoms with Crippen LogP contribution in [0.5, 0.6) is 0 Å². The number of H-pyrrole nitrogens is 1. The van der Waals surface area contributed by atoms with Crippen molar-refractivity contribution in [3.8, 4) is 6.07 Å². The summed E-state index contributed by atoms with van der Waals surface area (Å²) in [6.45, 7) is 0. The second-order valence-corrected chi connectivity index (χ2v) is 6.54. The molecule has 0 spiro atoms. The molecule has 3 aromatic heterocycles. The van der Waals surface area contributed by atoms with Gasteiger partial charge in [0.25, 0.3) is 0 Å². The topological polar surface area (TPSA) is 87.4 Å². The second-order valence-electron chi connectivity index (χ2n) is 6.54. The molecule has 0 amide bonds. The van der Waals surface area contributed by atoms with E-state index in [-0.39, 0.29) is 0 Å². The number of carbonyl (C=O) groups excluding carboxylic acids is 1. The van der Waals surface area contributed by atoms with Crippen LogP contribution >= 0.6 is 0 Å². The maximum Gasteiger partial charge on any atom is 0.139 e. The van der Waals surface area contributed by atoms with Gasteiger partial charge in [0.1, 0.15) is 23.3 Å². The SMILES string of the molecule is N#CC[C@H]1CC[C@H](n2c(CC=O)nc3cnc4[nH]ccc4c32)CC1. The first kappa shape index (κ1) is 14.9. The van der Waals surface area contributed by atoms with Gasteiger partial charge in [-0.25, -0.2) is 9.97 Å². The number of hydrogen-bond donors (Lipinski definition) is 1. The Hall–Kier alpha value is -2.68. The molecule has 4 rings (SSSR count). The van der Waals surface area contributed by atoms with Gasteiger partial charge in [0.05, 0.1) is 24.2 Å². The van der Waals surface area contributed by atoms with Gasteiger partial charge < -0.3 is 14.3 Å². The molecule has 0 saturated heterocycles. The highest BCUT2D eigenvalue weighted by Crippen LogP contribution is 2.37. The molecule has 0 atom stereocenters. The summed E-state index contributed by atoms with van der Waals surface area (Å²) in [6, 6.07) is 4.65. The molecule has 6 heteroatoms. The third-order valence-corrected chi connectivity index (χ3v) is 5.13. The van der Waals surface area contributed by atoms with Crippen LogP contribution in [-0.2, 0) is 11.2 Å². The number of pyridine rings is 1. The summed E-state index contributed by atoms with van der Waals surface area (Å²) in [5, 5.41) is 9.96. The van der Waals surface area contributed by atoms with Gasteiger partial charge in [-0.05, 0) is 37.7 Å². The van der Waals surface area contributed by atoms with Crippen molar-refractivity contribution in [1.29, 1.82) is 5.26 Å². The van der Waals surface area contributed by atoms with Crippen LogP contribution in [0.25, 0.3) is 22.1 Å². The van der Waals surface area contributed by atoms with Crippen molar-refractivity contribution in [2.45, 2.75) is 44.6 Å². The Kier molecular flexibility index (Phi) is 3.77. The summed E-state index contributed by atoms with van der Waals surface area (Å²) in [4.78, 5) is 23.4. The van der Waals surface area contributed by atoms with E-state index in [2.05, 4.69) is 25.6 Å². The number of aromatic amines is 1. The van der Waals surface area contributed by atoms with E-state index in [0.717, 1.165) is 59.9 Å². The van der Waals surface area contributed by atoms with Gasteiger partial charge in [-0.1, -0.05) is 0 Å². The van der Waals surface area contributed by atoms with Gasteiger partial charge >= 0.3 is 0 Å². The Labute approximate surface area is 139 Å². The van der Waals surface area contributed by atoms with E-state index in [4.69, 9.17) is 5.26 Å².